The molecule has 1 aromatic carbocycles. The second-order valence-corrected chi connectivity index (χ2v) is 20.7. The quantitative estimate of drug-likeness (QED) is 0.0409. The molecule has 5 aliphatic rings. The van der Waals surface area contributed by atoms with E-state index < -0.39 is 6.10 Å². The Morgan fingerprint density at radius 3 is 2.27 bits per heavy atom. The molecule has 4 fully saturated rings. The molecule has 18 heteroatoms. The second kappa shape index (κ2) is 26.9. The summed E-state index contributed by atoms with van der Waals surface area (Å²) in [5, 5.41) is 20.2. The first-order valence-electron chi connectivity index (χ1n) is 25.6. The minimum absolute atomic E-state index is 0.186. The van der Waals surface area contributed by atoms with E-state index in [1.807, 2.05) is 49.7 Å². The first kappa shape index (κ1) is 56.5. The number of rotatable bonds is 14. The zero-order chi connectivity index (χ0) is 52.7. The van der Waals surface area contributed by atoms with Gasteiger partial charge in [0, 0.05) is 124 Å². The smallest absolute Gasteiger partial charge is 0.222 e. The SMILES string of the molecule is C=CNCCC=O.CCC(=O)N1CCC(C=O)CC1.CNc1nn(C)c2c1CCC(C1CCN(C)CC1)=C2.C[C@@H](Oc1ccc(N)c(C(=N)c2ccc(N3CC4(CCN(C)C4)C3)nc2)c1)c1c(Cl)cncc1Cl. The van der Waals surface area contributed by atoms with Crippen molar-refractivity contribution in [1.82, 2.24) is 39.8 Å². The van der Waals surface area contributed by atoms with Gasteiger partial charge in [0.2, 0.25) is 5.91 Å². The van der Waals surface area contributed by atoms with Crippen LogP contribution in [0.3, 0.4) is 0 Å². The average molecular weight is 1040 g/mol. The topological polar surface area (TPSA) is 191 Å². The molecule has 394 valence electrons. The number of nitrogen functional groups attached to an aromatic ring is 1. The van der Waals surface area contributed by atoms with Crippen LogP contribution in [0.15, 0.2) is 67.3 Å². The summed E-state index contributed by atoms with van der Waals surface area (Å²) in [6.45, 7) is 16.2. The van der Waals surface area contributed by atoms with Gasteiger partial charge in [0.25, 0.3) is 0 Å². The number of benzene rings is 1. The highest BCUT2D eigenvalue weighted by Gasteiger charge is 2.47. The number of nitrogens with one attached hydrogen (secondary N) is 3. The number of aromatic nitrogens is 4. The Morgan fingerprint density at radius 2 is 1.68 bits per heavy atom. The largest absolute Gasteiger partial charge is 0.486 e. The second-order valence-electron chi connectivity index (χ2n) is 19.9. The number of amides is 1. The fraction of sp³-hybridized carbons (Fsp3) is 0.509. The van der Waals surface area contributed by atoms with E-state index in [4.69, 9.17) is 39.1 Å². The number of allylic oxidation sites excluding steroid dienone is 1. The van der Waals surface area contributed by atoms with Gasteiger partial charge in [0.15, 0.2) is 5.82 Å². The van der Waals surface area contributed by atoms with Gasteiger partial charge in [-0.25, -0.2) is 4.98 Å². The number of piperidine rings is 2. The van der Waals surface area contributed by atoms with Crippen molar-refractivity contribution in [3.63, 3.8) is 0 Å². The molecule has 4 saturated heterocycles. The highest BCUT2D eigenvalue weighted by Crippen LogP contribution is 2.41. The van der Waals surface area contributed by atoms with Gasteiger partial charge in [0.1, 0.15) is 30.2 Å². The Labute approximate surface area is 442 Å². The van der Waals surface area contributed by atoms with Crippen molar-refractivity contribution in [3.05, 3.63) is 105 Å². The van der Waals surface area contributed by atoms with E-state index >= 15 is 0 Å². The van der Waals surface area contributed by atoms with Crippen molar-refractivity contribution in [2.24, 2.45) is 24.3 Å². The molecule has 0 saturated carbocycles. The van der Waals surface area contributed by atoms with Crippen molar-refractivity contribution in [3.8, 4) is 5.75 Å². The lowest BCUT2D eigenvalue weighted by molar-refractivity contribution is -0.133. The molecule has 7 heterocycles. The Morgan fingerprint density at radius 1 is 0.973 bits per heavy atom. The van der Waals surface area contributed by atoms with E-state index in [-0.39, 0.29) is 17.5 Å². The summed E-state index contributed by atoms with van der Waals surface area (Å²) in [5.41, 5.74) is 13.7. The number of hydrogen-bond acceptors (Lipinski definition) is 14. The number of ether oxygens (including phenoxy) is 1. The number of likely N-dealkylation sites (tertiary alicyclic amines) is 3. The molecule has 0 bridgehead atoms. The summed E-state index contributed by atoms with van der Waals surface area (Å²) in [7, 11) is 8.42. The van der Waals surface area contributed by atoms with E-state index in [9.17, 15) is 14.4 Å². The Hall–Kier alpha value is -5.81. The lowest BCUT2D eigenvalue weighted by Crippen LogP contribution is -2.57. The summed E-state index contributed by atoms with van der Waals surface area (Å²) in [5.74, 6) is 3.75. The number of aldehydes is 2. The maximum atomic E-state index is 11.2. The Kier molecular flexibility index (Phi) is 20.8. The van der Waals surface area contributed by atoms with Gasteiger partial charge >= 0.3 is 0 Å². The third-order valence-electron chi connectivity index (χ3n) is 14.5. The standard InChI is InChI=1S/C26H28Cl2N6O.C15H24N4.C9H15NO2.C5H9NO/c1-16(24-20(27)11-31-12-21(24)28)35-18-4-5-22(29)19(9-18)25(30)17-3-6-23(32-10-17)34-14-26(15-34)7-8-33(2)13-26;1-16-15-13-5-4-12(10-14(13)19(3)17-15)11-6-8-18(2)9-7-11;1-2-9(12)10-5-3-8(7-11)4-6-10;1-2-6-4-3-5-7/h3-6,9-12,16,30H,7-8,13-15,29H2,1-2H3;10-11H,4-9H2,1-3H3,(H,16,17);7-8H,2-6H2,1H3;2,5-6H,1,3-4H2/t16-;;;/m1.../s1. The number of hydrogen-bond donors (Lipinski definition) is 4. The van der Waals surface area contributed by atoms with E-state index in [1.165, 1.54) is 69.0 Å². The van der Waals surface area contributed by atoms with Crippen LogP contribution in [0.25, 0.3) is 6.08 Å². The molecule has 16 nitrogen and oxygen atoms in total. The minimum atomic E-state index is -0.413. The number of halogens is 2. The lowest BCUT2D eigenvalue weighted by atomic mass is 9.79. The molecule has 5 N–H and O–H groups in total. The fourth-order valence-corrected chi connectivity index (χ4v) is 11.0. The maximum absolute atomic E-state index is 11.2. The first-order valence-corrected chi connectivity index (χ1v) is 26.4. The fourth-order valence-electron chi connectivity index (χ4n) is 10.3. The molecule has 1 amide bonds. The lowest BCUT2D eigenvalue weighted by Gasteiger charge is -2.48. The van der Waals surface area contributed by atoms with E-state index in [0.29, 0.717) is 63.0 Å². The maximum Gasteiger partial charge on any atom is 0.222 e. The van der Waals surface area contributed by atoms with Crippen LogP contribution in [0.5, 0.6) is 5.75 Å². The van der Waals surface area contributed by atoms with Gasteiger partial charge in [-0.3, -0.25) is 19.9 Å². The van der Waals surface area contributed by atoms with Crippen molar-refractivity contribution in [1.29, 1.82) is 5.41 Å². The minimum Gasteiger partial charge on any atom is -0.486 e. The van der Waals surface area contributed by atoms with Gasteiger partial charge in [-0.05, 0) is 134 Å². The van der Waals surface area contributed by atoms with Crippen LogP contribution < -0.4 is 26.0 Å². The third-order valence-corrected chi connectivity index (χ3v) is 15.1. The molecular weight excluding hydrogens is 964 g/mol. The molecule has 1 spiro atoms. The number of anilines is 3. The number of pyridine rings is 2. The molecule has 1 atom stereocenters. The molecule has 73 heavy (non-hydrogen) atoms. The van der Waals surface area contributed by atoms with Crippen LogP contribution in [-0.4, -0.2) is 139 Å². The van der Waals surface area contributed by atoms with E-state index in [2.05, 4.69) is 67.2 Å². The van der Waals surface area contributed by atoms with E-state index in [1.54, 1.807) is 36.2 Å². The molecule has 4 aliphatic heterocycles. The van der Waals surface area contributed by atoms with Gasteiger partial charge in [-0.1, -0.05) is 42.3 Å². The summed E-state index contributed by atoms with van der Waals surface area (Å²) in [6, 6.07) is 9.19. The summed E-state index contributed by atoms with van der Waals surface area (Å²) in [4.78, 5) is 48.8. The average Bonchev–Trinajstić information content (AvgIpc) is 3.95. The van der Waals surface area contributed by atoms with Crippen LogP contribution in [0.2, 0.25) is 10.0 Å². The summed E-state index contributed by atoms with van der Waals surface area (Å²) < 4.78 is 8.12. The number of nitrogens with two attached hydrogens (primary N) is 1. The number of nitrogens with zero attached hydrogens (tertiary/aromatic N) is 8. The summed E-state index contributed by atoms with van der Waals surface area (Å²) >= 11 is 12.6. The molecule has 4 aromatic rings. The zero-order valence-corrected chi connectivity index (χ0v) is 45.2. The zero-order valence-electron chi connectivity index (χ0n) is 43.6. The predicted octanol–water partition coefficient (Wildman–Crippen LogP) is 8.34. The molecular formula is C55H76Cl2N12O4. The molecule has 3 aromatic heterocycles. The number of fused-ring (bicyclic) bond motifs is 1. The van der Waals surface area contributed by atoms with Crippen LogP contribution in [-0.2, 0) is 27.9 Å². The third kappa shape index (κ3) is 14.9. The normalized spacial score (nSPS) is 17.9. The van der Waals surface area contributed by atoms with Crippen LogP contribution in [0.1, 0.15) is 99.3 Å². The monoisotopic (exact) mass is 1040 g/mol. The Balaban J connectivity index is 0.000000190. The van der Waals surface area contributed by atoms with Crippen molar-refractivity contribution in [2.45, 2.75) is 77.7 Å². The van der Waals surface area contributed by atoms with E-state index in [0.717, 1.165) is 82.1 Å². The van der Waals surface area contributed by atoms with Gasteiger partial charge in [0.05, 0.1) is 21.5 Å². The van der Waals surface area contributed by atoms with Crippen molar-refractivity contribution >= 4 is 70.8 Å². The first-order chi connectivity index (χ1) is 35.1. The van der Waals surface area contributed by atoms with Crippen LogP contribution >= 0.6 is 23.2 Å². The predicted molar refractivity (Wildman–Crippen MR) is 295 cm³/mol. The highest BCUT2D eigenvalue weighted by molar-refractivity contribution is 6.35. The van der Waals surface area contributed by atoms with Crippen molar-refractivity contribution in [2.75, 3.05) is 96.0 Å². The number of carbonyl (C=O) groups is 3. The molecule has 0 unspecified atom stereocenters. The van der Waals surface area contributed by atoms with Crippen LogP contribution in [0.4, 0.5) is 17.3 Å². The van der Waals surface area contributed by atoms with Crippen molar-refractivity contribution < 1.29 is 19.1 Å². The van der Waals surface area contributed by atoms with Gasteiger partial charge in [-0.15, -0.1) is 0 Å². The van der Waals surface area contributed by atoms with Gasteiger partial charge in [-0.2, -0.15) is 5.10 Å². The van der Waals surface area contributed by atoms with Crippen LogP contribution in [0, 0.1) is 22.7 Å². The molecule has 1 aliphatic carbocycles. The van der Waals surface area contributed by atoms with Gasteiger partial charge < -0.3 is 50.3 Å². The Bertz CT molecular complexity index is 2500. The number of carbonyl (C=O) groups excluding carboxylic acids is 3. The number of aryl methyl sites for hydroxylation is 1. The molecule has 0 radical (unpaired) electrons. The molecule has 9 rings (SSSR count). The highest BCUT2D eigenvalue weighted by atomic mass is 35.5. The summed E-state index contributed by atoms with van der Waals surface area (Å²) in [6.07, 6.45) is 19.3.